The predicted octanol–water partition coefficient (Wildman–Crippen LogP) is 2.75. The van der Waals surface area contributed by atoms with Gasteiger partial charge in [0.2, 0.25) is 0 Å². The van der Waals surface area contributed by atoms with Crippen molar-refractivity contribution < 1.29 is 13.9 Å². The third-order valence-corrected chi connectivity index (χ3v) is 5.32. The number of ether oxygens (including phenoxy) is 1. The molecule has 7 nitrogen and oxygen atoms in total. The molecule has 0 aliphatic carbocycles. The van der Waals surface area contributed by atoms with Gasteiger partial charge in [-0.3, -0.25) is 19.3 Å². The van der Waals surface area contributed by atoms with Gasteiger partial charge in [0.1, 0.15) is 23.3 Å². The van der Waals surface area contributed by atoms with E-state index in [9.17, 15) is 4.79 Å². The first-order valence-electron chi connectivity index (χ1n) is 9.26. The highest BCUT2D eigenvalue weighted by Crippen LogP contribution is 2.21. The molecule has 0 amide bonds. The van der Waals surface area contributed by atoms with Crippen LogP contribution in [0.25, 0.3) is 0 Å². The van der Waals surface area contributed by atoms with Crippen LogP contribution in [0, 0.1) is 6.92 Å². The topological polar surface area (TPSA) is 63.7 Å². The summed E-state index contributed by atoms with van der Waals surface area (Å²) in [6.45, 7) is 9.20. The molecule has 148 valence electrons. The summed E-state index contributed by atoms with van der Waals surface area (Å²) >= 11 is 6.38. The largest absolute Gasteiger partial charge is 0.461 e. The minimum absolute atomic E-state index is 0.189. The van der Waals surface area contributed by atoms with E-state index >= 15 is 0 Å². The van der Waals surface area contributed by atoms with E-state index in [1.54, 1.807) is 4.68 Å². The van der Waals surface area contributed by atoms with Crippen LogP contribution in [0.15, 0.2) is 16.5 Å². The number of nitrogens with zero attached hydrogens (tertiary/aromatic N) is 4. The van der Waals surface area contributed by atoms with Crippen molar-refractivity contribution in [3.8, 4) is 0 Å². The fourth-order valence-corrected chi connectivity index (χ4v) is 3.63. The van der Waals surface area contributed by atoms with Gasteiger partial charge in [-0.2, -0.15) is 5.10 Å². The van der Waals surface area contributed by atoms with Gasteiger partial charge in [0.05, 0.1) is 12.2 Å². The van der Waals surface area contributed by atoms with Gasteiger partial charge in [0, 0.05) is 39.2 Å². The molecule has 3 heterocycles. The zero-order valence-corrected chi connectivity index (χ0v) is 17.0. The average molecular weight is 395 g/mol. The number of hydrogen-bond acceptors (Lipinski definition) is 6. The zero-order chi connectivity index (χ0) is 19.4. The predicted molar refractivity (Wildman–Crippen MR) is 102 cm³/mol. The molecule has 3 rings (SSSR count). The lowest BCUT2D eigenvalue weighted by Gasteiger charge is -2.21. The molecule has 1 fully saturated rings. The molecular formula is C19H27ClN4O3. The standard InChI is InChI=1S/C19H27ClN4O3/c1-14-18(19(20)22(3)21-14)12-24-8-4-7-23(9-10-24)11-16-5-6-17(27-16)13-26-15(2)25/h5-6H,4,7-13H2,1-3H3. The van der Waals surface area contributed by atoms with Crippen molar-refractivity contribution in [3.05, 3.63) is 40.1 Å². The number of rotatable bonds is 6. The molecule has 0 saturated carbocycles. The highest BCUT2D eigenvalue weighted by molar-refractivity contribution is 6.30. The monoisotopic (exact) mass is 394 g/mol. The number of carbonyl (C=O) groups excluding carboxylic acids is 1. The molecule has 1 saturated heterocycles. The molecule has 0 unspecified atom stereocenters. The second kappa shape index (κ2) is 8.91. The molecule has 0 atom stereocenters. The third kappa shape index (κ3) is 5.34. The van der Waals surface area contributed by atoms with Crippen LogP contribution in [0.4, 0.5) is 0 Å². The summed E-state index contributed by atoms with van der Waals surface area (Å²) in [7, 11) is 1.88. The Balaban J connectivity index is 1.52. The van der Waals surface area contributed by atoms with Crippen LogP contribution in [-0.4, -0.2) is 51.7 Å². The molecule has 0 radical (unpaired) electrons. The SMILES string of the molecule is CC(=O)OCc1ccc(CN2CCCN(Cc3c(C)nn(C)c3Cl)CC2)o1. The Morgan fingerprint density at radius 2 is 1.85 bits per heavy atom. The molecule has 2 aromatic rings. The van der Waals surface area contributed by atoms with E-state index in [0.29, 0.717) is 5.76 Å². The van der Waals surface area contributed by atoms with Gasteiger partial charge in [-0.15, -0.1) is 0 Å². The van der Waals surface area contributed by atoms with Gasteiger partial charge in [0.25, 0.3) is 0 Å². The molecule has 0 aromatic carbocycles. The van der Waals surface area contributed by atoms with Gasteiger partial charge in [-0.1, -0.05) is 11.6 Å². The number of halogens is 1. The molecule has 27 heavy (non-hydrogen) atoms. The van der Waals surface area contributed by atoms with E-state index in [4.69, 9.17) is 20.8 Å². The maximum absolute atomic E-state index is 10.9. The highest BCUT2D eigenvalue weighted by Gasteiger charge is 2.19. The molecule has 1 aliphatic heterocycles. The number of hydrogen-bond donors (Lipinski definition) is 0. The first-order chi connectivity index (χ1) is 12.9. The summed E-state index contributed by atoms with van der Waals surface area (Å²) in [4.78, 5) is 15.7. The van der Waals surface area contributed by atoms with E-state index < -0.39 is 0 Å². The first kappa shape index (κ1) is 19.9. The summed E-state index contributed by atoms with van der Waals surface area (Å²) < 4.78 is 12.5. The summed E-state index contributed by atoms with van der Waals surface area (Å²) in [5.74, 6) is 1.28. The summed E-state index contributed by atoms with van der Waals surface area (Å²) in [6, 6.07) is 3.83. The van der Waals surface area contributed by atoms with E-state index in [1.807, 2.05) is 26.1 Å². The molecule has 1 aliphatic rings. The summed E-state index contributed by atoms with van der Waals surface area (Å²) in [5.41, 5.74) is 2.12. The number of aromatic nitrogens is 2. The van der Waals surface area contributed by atoms with E-state index in [2.05, 4.69) is 14.9 Å². The Morgan fingerprint density at radius 3 is 2.48 bits per heavy atom. The average Bonchev–Trinajstić information content (AvgIpc) is 3.07. The molecule has 0 spiro atoms. The van der Waals surface area contributed by atoms with Crippen LogP contribution in [0.5, 0.6) is 0 Å². The van der Waals surface area contributed by atoms with Gasteiger partial charge >= 0.3 is 5.97 Å². The fraction of sp³-hybridized carbons (Fsp3) is 0.579. The van der Waals surface area contributed by atoms with Crippen molar-refractivity contribution in [2.45, 2.75) is 40.0 Å². The fourth-order valence-electron chi connectivity index (χ4n) is 3.40. The van der Waals surface area contributed by atoms with Crippen LogP contribution < -0.4 is 0 Å². The number of carbonyl (C=O) groups is 1. The van der Waals surface area contributed by atoms with Crippen molar-refractivity contribution in [3.63, 3.8) is 0 Å². The smallest absolute Gasteiger partial charge is 0.303 e. The van der Waals surface area contributed by atoms with E-state index in [0.717, 1.165) is 67.9 Å². The van der Waals surface area contributed by atoms with E-state index in [1.165, 1.54) is 6.92 Å². The zero-order valence-electron chi connectivity index (χ0n) is 16.2. The Labute approximate surface area is 164 Å². The van der Waals surface area contributed by atoms with Crippen molar-refractivity contribution in [1.29, 1.82) is 0 Å². The Bertz CT molecular complexity index is 786. The van der Waals surface area contributed by atoms with Crippen LogP contribution >= 0.6 is 11.6 Å². The molecule has 8 heteroatoms. The quantitative estimate of drug-likeness (QED) is 0.702. The lowest BCUT2D eigenvalue weighted by atomic mass is 10.2. The Kier molecular flexibility index (Phi) is 6.57. The van der Waals surface area contributed by atoms with Gasteiger partial charge in [-0.25, -0.2) is 0 Å². The van der Waals surface area contributed by atoms with Crippen molar-refractivity contribution in [1.82, 2.24) is 19.6 Å². The maximum Gasteiger partial charge on any atom is 0.303 e. The van der Waals surface area contributed by atoms with Crippen LogP contribution in [0.2, 0.25) is 5.15 Å². The molecule has 0 bridgehead atoms. The van der Waals surface area contributed by atoms with Crippen molar-refractivity contribution in [2.75, 3.05) is 26.2 Å². The number of aryl methyl sites for hydroxylation is 2. The second-order valence-corrected chi connectivity index (χ2v) is 7.39. The highest BCUT2D eigenvalue weighted by atomic mass is 35.5. The third-order valence-electron chi connectivity index (χ3n) is 4.85. The number of furan rings is 1. The van der Waals surface area contributed by atoms with Crippen molar-refractivity contribution in [2.24, 2.45) is 7.05 Å². The normalized spacial score (nSPS) is 16.4. The van der Waals surface area contributed by atoms with Crippen molar-refractivity contribution >= 4 is 17.6 Å². The Morgan fingerprint density at radius 1 is 1.19 bits per heavy atom. The summed E-state index contributed by atoms with van der Waals surface area (Å²) in [6.07, 6.45) is 1.10. The van der Waals surface area contributed by atoms with Gasteiger partial charge < -0.3 is 9.15 Å². The maximum atomic E-state index is 10.9. The van der Waals surface area contributed by atoms with E-state index in [-0.39, 0.29) is 12.6 Å². The van der Waals surface area contributed by atoms with Crippen LogP contribution in [0.1, 0.15) is 36.1 Å². The molecule has 2 aromatic heterocycles. The minimum Gasteiger partial charge on any atom is -0.461 e. The lowest BCUT2D eigenvalue weighted by Crippen LogP contribution is -2.30. The first-order valence-corrected chi connectivity index (χ1v) is 9.64. The van der Waals surface area contributed by atoms with Gasteiger partial charge in [0.15, 0.2) is 0 Å². The van der Waals surface area contributed by atoms with Crippen LogP contribution in [-0.2, 0) is 36.3 Å². The lowest BCUT2D eigenvalue weighted by molar-refractivity contribution is -0.142. The second-order valence-electron chi connectivity index (χ2n) is 7.03. The van der Waals surface area contributed by atoms with Crippen LogP contribution in [0.3, 0.4) is 0 Å². The minimum atomic E-state index is -0.301. The Hall–Kier alpha value is -1.83. The molecular weight excluding hydrogens is 368 g/mol. The number of esters is 1. The van der Waals surface area contributed by atoms with Gasteiger partial charge in [-0.05, 0) is 38.6 Å². The molecule has 0 N–H and O–H groups in total. The summed E-state index contributed by atoms with van der Waals surface area (Å²) in [5, 5.41) is 5.13.